The number of methoxy groups -OCH3 is 5. The normalized spacial score (nSPS) is 17.9. The summed E-state index contributed by atoms with van der Waals surface area (Å²) in [6.45, 7) is 4.64. The fourth-order valence-electron chi connectivity index (χ4n) is 7.94. The molecule has 2 aliphatic rings. The summed E-state index contributed by atoms with van der Waals surface area (Å²) in [5.74, 6) is 4.42. The van der Waals surface area contributed by atoms with Gasteiger partial charge in [0.05, 0.1) is 59.4 Å². The van der Waals surface area contributed by atoms with Gasteiger partial charge in [0.1, 0.15) is 5.76 Å². The van der Waals surface area contributed by atoms with Gasteiger partial charge < -0.3 is 47.8 Å². The number of carbonyl (C=O) groups excluding carboxylic acids is 1. The number of hydrogen-bond acceptors (Lipinski definition) is 10. The van der Waals surface area contributed by atoms with E-state index < -0.39 is 0 Å². The number of fused-ring (bicyclic) bond motifs is 1. The number of carbonyl (C=O) groups is 1. The van der Waals surface area contributed by atoms with E-state index >= 15 is 0 Å². The van der Waals surface area contributed by atoms with Gasteiger partial charge in [-0.1, -0.05) is 18.2 Å². The van der Waals surface area contributed by atoms with Gasteiger partial charge in [0.15, 0.2) is 23.0 Å². The molecular formula is C41H49N5O7. The van der Waals surface area contributed by atoms with Gasteiger partial charge >= 0.3 is 0 Å². The Morgan fingerprint density at radius 3 is 2.26 bits per heavy atom. The molecule has 0 radical (unpaired) electrons. The minimum Gasteiger partial charge on any atom is -0.493 e. The Morgan fingerprint density at radius 2 is 1.58 bits per heavy atom. The van der Waals surface area contributed by atoms with E-state index in [0.717, 1.165) is 73.6 Å². The lowest BCUT2D eigenvalue weighted by Crippen LogP contribution is -2.42. The Kier molecular flexibility index (Phi) is 10.7. The molecule has 5 aromatic rings. The second kappa shape index (κ2) is 15.7. The lowest BCUT2D eigenvalue weighted by atomic mass is 9.76. The molecule has 3 aromatic carbocycles. The van der Waals surface area contributed by atoms with Crippen LogP contribution in [0.25, 0.3) is 11.0 Å². The molecule has 0 bridgehead atoms. The summed E-state index contributed by atoms with van der Waals surface area (Å²) in [6, 6.07) is 22.1. The number of ether oxygens (including phenoxy) is 5. The average Bonchev–Trinajstić information content (AvgIpc) is 3.97. The third-order valence-corrected chi connectivity index (χ3v) is 10.9. The topological polar surface area (TPSA) is 113 Å². The second-order valence-electron chi connectivity index (χ2n) is 13.8. The molecule has 7 rings (SSSR count). The highest BCUT2D eigenvalue weighted by molar-refractivity contribution is 5.96. The van der Waals surface area contributed by atoms with Crippen LogP contribution in [0.15, 0.2) is 77.4 Å². The van der Waals surface area contributed by atoms with Crippen molar-refractivity contribution in [3.05, 3.63) is 89.9 Å². The van der Waals surface area contributed by atoms with E-state index in [0.29, 0.717) is 60.0 Å². The molecule has 0 aliphatic carbocycles. The zero-order valence-corrected chi connectivity index (χ0v) is 31.2. The van der Waals surface area contributed by atoms with E-state index in [1.165, 1.54) is 0 Å². The Morgan fingerprint density at radius 1 is 0.849 bits per heavy atom. The van der Waals surface area contributed by atoms with Crippen LogP contribution in [0.4, 0.5) is 5.95 Å². The van der Waals surface area contributed by atoms with Crippen molar-refractivity contribution >= 4 is 22.9 Å². The van der Waals surface area contributed by atoms with Crippen LogP contribution in [-0.2, 0) is 12.0 Å². The molecule has 280 valence electrons. The molecule has 0 spiro atoms. The van der Waals surface area contributed by atoms with Crippen LogP contribution in [0.3, 0.4) is 0 Å². The van der Waals surface area contributed by atoms with Gasteiger partial charge in [0.2, 0.25) is 11.7 Å². The number of para-hydroxylation sites is 2. The summed E-state index contributed by atoms with van der Waals surface area (Å²) in [6.07, 6.45) is 5.42. The maximum atomic E-state index is 14.1. The zero-order chi connectivity index (χ0) is 37.0. The number of likely N-dealkylation sites (tertiary alicyclic amines) is 2. The van der Waals surface area contributed by atoms with Crippen molar-refractivity contribution in [3.8, 4) is 28.7 Å². The number of hydrogen-bond donors (Lipinski definition) is 1. The van der Waals surface area contributed by atoms with Crippen molar-refractivity contribution in [2.45, 2.75) is 43.7 Å². The first-order valence-corrected chi connectivity index (χ1v) is 18.2. The highest BCUT2D eigenvalue weighted by Crippen LogP contribution is 2.43. The quantitative estimate of drug-likeness (QED) is 0.137. The zero-order valence-electron chi connectivity index (χ0n) is 31.2. The average molecular weight is 724 g/mol. The molecule has 2 aliphatic heterocycles. The fraction of sp³-hybridized carbons (Fsp3) is 0.415. The molecule has 53 heavy (non-hydrogen) atoms. The van der Waals surface area contributed by atoms with Gasteiger partial charge in [0, 0.05) is 43.2 Å². The van der Waals surface area contributed by atoms with Crippen LogP contribution < -0.4 is 29.0 Å². The minimum atomic E-state index is -0.276. The number of nitrogens with one attached hydrogen (secondary N) is 1. The lowest BCUT2D eigenvalue weighted by Gasteiger charge is -2.36. The maximum absolute atomic E-state index is 14.1. The smallest absolute Gasteiger partial charge is 0.254 e. The van der Waals surface area contributed by atoms with Crippen LogP contribution in [0, 0.1) is 0 Å². The Bertz CT molecular complexity index is 2000. The SMILES string of the molecule is COc1ccc(C2(CCN3CCC(Nc4nc5ccccc5n4Cc4ccco4)CC3)CCN(C(=O)c3cc(OC)c(OC)c(OC)c3)C2)cc1OC. The third-order valence-electron chi connectivity index (χ3n) is 10.9. The van der Waals surface area contributed by atoms with Gasteiger partial charge in [-0.3, -0.25) is 4.79 Å². The number of amides is 1. The molecule has 1 atom stereocenters. The van der Waals surface area contributed by atoms with Crippen molar-refractivity contribution in [1.29, 1.82) is 0 Å². The minimum absolute atomic E-state index is 0.0726. The molecule has 2 saturated heterocycles. The second-order valence-corrected chi connectivity index (χ2v) is 13.8. The van der Waals surface area contributed by atoms with Crippen molar-refractivity contribution < 1.29 is 32.9 Å². The summed E-state index contributed by atoms with van der Waals surface area (Å²) in [7, 11) is 7.98. The first kappa shape index (κ1) is 36.0. The Labute approximate surface area is 310 Å². The van der Waals surface area contributed by atoms with Gasteiger partial charge in [-0.15, -0.1) is 0 Å². The molecule has 0 saturated carbocycles. The fourth-order valence-corrected chi connectivity index (χ4v) is 7.94. The monoisotopic (exact) mass is 723 g/mol. The predicted molar refractivity (Wildman–Crippen MR) is 203 cm³/mol. The van der Waals surface area contributed by atoms with E-state index in [9.17, 15) is 4.79 Å². The molecular weight excluding hydrogens is 674 g/mol. The largest absolute Gasteiger partial charge is 0.493 e. The van der Waals surface area contributed by atoms with E-state index in [1.54, 1.807) is 53.9 Å². The Hall–Kier alpha value is -5.36. The molecule has 12 nitrogen and oxygen atoms in total. The van der Waals surface area contributed by atoms with Crippen molar-refractivity contribution in [3.63, 3.8) is 0 Å². The van der Waals surface area contributed by atoms with Gasteiger partial charge in [-0.25, -0.2) is 4.98 Å². The molecule has 2 aromatic heterocycles. The number of imidazole rings is 1. The number of nitrogens with zero attached hydrogens (tertiary/aromatic N) is 4. The van der Waals surface area contributed by atoms with E-state index in [1.807, 2.05) is 35.2 Å². The van der Waals surface area contributed by atoms with Crippen LogP contribution >= 0.6 is 0 Å². The van der Waals surface area contributed by atoms with E-state index in [2.05, 4.69) is 39.0 Å². The van der Waals surface area contributed by atoms with E-state index in [-0.39, 0.29) is 11.3 Å². The first-order valence-electron chi connectivity index (χ1n) is 18.2. The van der Waals surface area contributed by atoms with Crippen LogP contribution in [0.1, 0.15) is 47.4 Å². The molecule has 2 fully saturated rings. The lowest BCUT2D eigenvalue weighted by molar-refractivity contribution is 0.0779. The van der Waals surface area contributed by atoms with Crippen LogP contribution in [0.5, 0.6) is 28.7 Å². The standard InChI is InChI=1S/C41H49N5O7/c1-48-34-13-12-29(25-35(34)49-2)41(17-21-45(27-41)39(47)28-23-36(50-3)38(52-5)37(24-28)51-4)16-20-44-18-14-30(15-19-44)42-40-43-32-10-6-7-11-33(32)46(40)26-31-9-8-22-53-31/h6-13,22-25,30H,14-21,26-27H2,1-5H3,(H,42,43). The number of aromatic nitrogens is 2. The molecule has 4 heterocycles. The Balaban J connectivity index is 1.06. The highest BCUT2D eigenvalue weighted by atomic mass is 16.5. The number of benzene rings is 3. The van der Waals surface area contributed by atoms with Crippen molar-refractivity contribution in [2.75, 3.05) is 73.6 Å². The van der Waals surface area contributed by atoms with Crippen LogP contribution in [0.2, 0.25) is 0 Å². The number of furan rings is 1. The van der Waals surface area contributed by atoms with E-state index in [4.69, 9.17) is 33.1 Å². The third kappa shape index (κ3) is 7.33. The number of rotatable bonds is 14. The van der Waals surface area contributed by atoms with Crippen molar-refractivity contribution in [2.24, 2.45) is 0 Å². The summed E-state index contributed by atoms with van der Waals surface area (Å²) >= 11 is 0. The maximum Gasteiger partial charge on any atom is 0.254 e. The van der Waals surface area contributed by atoms with Gasteiger partial charge in [0.25, 0.3) is 5.91 Å². The molecule has 1 N–H and O–H groups in total. The first-order chi connectivity index (χ1) is 25.9. The van der Waals surface area contributed by atoms with Gasteiger partial charge in [-0.2, -0.15) is 0 Å². The summed E-state index contributed by atoms with van der Waals surface area (Å²) in [5, 5.41) is 3.77. The van der Waals surface area contributed by atoms with Crippen LogP contribution in [-0.4, -0.2) is 99.6 Å². The number of anilines is 1. The van der Waals surface area contributed by atoms with Gasteiger partial charge in [-0.05, 0) is 86.3 Å². The molecule has 12 heteroatoms. The molecule has 1 unspecified atom stereocenters. The van der Waals surface area contributed by atoms with Crippen molar-refractivity contribution in [1.82, 2.24) is 19.4 Å². The summed E-state index contributed by atoms with van der Waals surface area (Å²) < 4.78 is 35.8. The molecule has 1 amide bonds. The summed E-state index contributed by atoms with van der Waals surface area (Å²) in [4.78, 5) is 23.5. The number of piperidine rings is 1. The summed E-state index contributed by atoms with van der Waals surface area (Å²) in [5.41, 5.74) is 3.41. The predicted octanol–water partition coefficient (Wildman–Crippen LogP) is 6.47. The highest BCUT2D eigenvalue weighted by Gasteiger charge is 2.42.